The number of benzene rings is 1. The van der Waals surface area contributed by atoms with E-state index in [0.29, 0.717) is 22.7 Å². The fourth-order valence-corrected chi connectivity index (χ4v) is 2.88. The second kappa shape index (κ2) is 6.70. The number of hydrogen-bond acceptors (Lipinski definition) is 4. The van der Waals surface area contributed by atoms with Crippen LogP contribution < -0.4 is 10.9 Å². The summed E-state index contributed by atoms with van der Waals surface area (Å²) in [5, 5.41) is 3.28. The van der Waals surface area contributed by atoms with Gasteiger partial charge in [-0.2, -0.15) is 0 Å². The van der Waals surface area contributed by atoms with Gasteiger partial charge in [0.15, 0.2) is 5.16 Å². The van der Waals surface area contributed by atoms with E-state index in [1.54, 1.807) is 0 Å². The maximum atomic E-state index is 11.9. The summed E-state index contributed by atoms with van der Waals surface area (Å²) in [5.74, 6) is 0.0943. The van der Waals surface area contributed by atoms with Crippen molar-refractivity contribution in [3.63, 3.8) is 0 Å². The Labute approximate surface area is 136 Å². The molecule has 0 aliphatic carbocycles. The minimum Gasteiger partial charge on any atom is -0.353 e. The quantitative estimate of drug-likeness (QED) is 0.493. The molecule has 0 fully saturated rings. The van der Waals surface area contributed by atoms with Gasteiger partial charge < -0.3 is 10.3 Å². The minimum absolute atomic E-state index is 0.105. The molecule has 0 spiro atoms. The standard InChI is InChI=1S/C16H16N4O2S/c1-10-7-12-14(18-10)15(22)20-16(19-12)23-9-13(21)17-8-11-5-3-2-4-6-11/h2-7,18H,8-9H2,1H3,(H,17,21)(H,19,20,22). The molecule has 0 aliphatic rings. The van der Waals surface area contributed by atoms with Gasteiger partial charge in [-0.15, -0.1) is 0 Å². The molecule has 0 saturated heterocycles. The van der Waals surface area contributed by atoms with E-state index in [1.165, 1.54) is 11.8 Å². The lowest BCUT2D eigenvalue weighted by Gasteiger charge is -2.05. The first kappa shape index (κ1) is 15.4. The summed E-state index contributed by atoms with van der Waals surface area (Å²) < 4.78 is 0. The van der Waals surface area contributed by atoms with Crippen molar-refractivity contribution < 1.29 is 4.79 Å². The summed E-state index contributed by atoms with van der Waals surface area (Å²) in [5.41, 5.74) is 2.76. The van der Waals surface area contributed by atoms with Crippen LogP contribution in [0.4, 0.5) is 0 Å². The van der Waals surface area contributed by atoms with E-state index in [0.717, 1.165) is 11.3 Å². The number of carbonyl (C=O) groups is 1. The number of aromatic amines is 2. The first-order valence-electron chi connectivity index (χ1n) is 7.15. The Hall–Kier alpha value is -2.54. The van der Waals surface area contributed by atoms with Crippen molar-refractivity contribution >= 4 is 28.7 Å². The van der Waals surface area contributed by atoms with Crippen molar-refractivity contribution in [1.82, 2.24) is 20.3 Å². The highest BCUT2D eigenvalue weighted by atomic mass is 32.2. The van der Waals surface area contributed by atoms with Gasteiger partial charge in [-0.25, -0.2) is 4.98 Å². The highest BCUT2D eigenvalue weighted by molar-refractivity contribution is 7.99. The summed E-state index contributed by atoms with van der Waals surface area (Å²) >= 11 is 1.21. The molecule has 0 bridgehead atoms. The summed E-state index contributed by atoms with van der Waals surface area (Å²) in [6.45, 7) is 2.35. The van der Waals surface area contributed by atoms with Crippen LogP contribution in [0, 0.1) is 6.92 Å². The third kappa shape index (κ3) is 3.81. The summed E-state index contributed by atoms with van der Waals surface area (Å²) in [6.07, 6.45) is 0. The van der Waals surface area contributed by atoms with Gasteiger partial charge in [0.2, 0.25) is 5.91 Å². The van der Waals surface area contributed by atoms with E-state index >= 15 is 0 Å². The molecule has 3 N–H and O–H groups in total. The summed E-state index contributed by atoms with van der Waals surface area (Å²) in [4.78, 5) is 33.8. The Morgan fingerprint density at radius 2 is 2.04 bits per heavy atom. The van der Waals surface area contributed by atoms with Crippen molar-refractivity contribution in [2.75, 3.05) is 5.75 Å². The molecular weight excluding hydrogens is 312 g/mol. The molecule has 7 heteroatoms. The van der Waals surface area contributed by atoms with Gasteiger partial charge in [-0.3, -0.25) is 14.6 Å². The fraction of sp³-hybridized carbons (Fsp3) is 0.188. The maximum Gasteiger partial charge on any atom is 0.275 e. The SMILES string of the molecule is Cc1cc2nc(SCC(=O)NCc3ccccc3)[nH]c(=O)c2[nH]1. The molecule has 3 aromatic rings. The molecule has 1 amide bonds. The smallest absolute Gasteiger partial charge is 0.275 e. The normalized spacial score (nSPS) is 10.8. The van der Waals surface area contributed by atoms with Crippen LogP contribution in [-0.2, 0) is 11.3 Å². The second-order valence-corrected chi connectivity index (χ2v) is 6.10. The first-order valence-corrected chi connectivity index (χ1v) is 8.13. The van der Waals surface area contributed by atoms with Gasteiger partial charge >= 0.3 is 0 Å². The number of H-pyrrole nitrogens is 2. The number of aromatic nitrogens is 3. The van der Waals surface area contributed by atoms with Crippen molar-refractivity contribution in [3.8, 4) is 0 Å². The van der Waals surface area contributed by atoms with Crippen molar-refractivity contribution in [1.29, 1.82) is 0 Å². The number of hydrogen-bond donors (Lipinski definition) is 3. The summed E-state index contributed by atoms with van der Waals surface area (Å²) in [7, 11) is 0. The highest BCUT2D eigenvalue weighted by Gasteiger charge is 2.09. The molecule has 0 aliphatic heterocycles. The number of nitrogens with one attached hydrogen (secondary N) is 3. The Morgan fingerprint density at radius 3 is 2.83 bits per heavy atom. The van der Waals surface area contributed by atoms with E-state index in [9.17, 15) is 9.59 Å². The van der Waals surface area contributed by atoms with E-state index in [4.69, 9.17) is 0 Å². The predicted molar refractivity (Wildman–Crippen MR) is 90.5 cm³/mol. The molecule has 6 nitrogen and oxygen atoms in total. The zero-order valence-corrected chi connectivity index (χ0v) is 13.4. The number of aryl methyl sites for hydroxylation is 1. The zero-order chi connectivity index (χ0) is 16.2. The van der Waals surface area contributed by atoms with Gasteiger partial charge in [0.05, 0.1) is 11.3 Å². The van der Waals surface area contributed by atoms with Crippen LogP contribution in [0.25, 0.3) is 11.0 Å². The average Bonchev–Trinajstić information content (AvgIpc) is 2.93. The Kier molecular flexibility index (Phi) is 4.47. The largest absolute Gasteiger partial charge is 0.353 e. The molecule has 0 saturated carbocycles. The number of nitrogens with zero attached hydrogens (tertiary/aromatic N) is 1. The van der Waals surface area contributed by atoms with Crippen molar-refractivity contribution in [3.05, 3.63) is 58.0 Å². The lowest BCUT2D eigenvalue weighted by Crippen LogP contribution is -2.24. The molecule has 118 valence electrons. The van der Waals surface area contributed by atoms with E-state index in [1.807, 2.05) is 43.3 Å². The van der Waals surface area contributed by atoms with E-state index in [2.05, 4.69) is 20.3 Å². The fourth-order valence-electron chi connectivity index (χ4n) is 2.18. The zero-order valence-electron chi connectivity index (χ0n) is 12.6. The molecule has 3 rings (SSSR count). The molecule has 0 radical (unpaired) electrons. The second-order valence-electron chi connectivity index (χ2n) is 5.13. The third-order valence-electron chi connectivity index (χ3n) is 3.27. The first-order chi connectivity index (χ1) is 11.1. The maximum absolute atomic E-state index is 11.9. The van der Waals surface area contributed by atoms with Gasteiger partial charge in [0.25, 0.3) is 5.56 Å². The summed E-state index contributed by atoms with van der Waals surface area (Å²) in [6, 6.07) is 11.5. The van der Waals surface area contributed by atoms with Gasteiger partial charge in [0.1, 0.15) is 5.52 Å². The molecule has 2 heterocycles. The number of carbonyl (C=O) groups excluding carboxylic acids is 1. The van der Waals surface area contributed by atoms with Gasteiger partial charge in [0, 0.05) is 12.2 Å². The minimum atomic E-state index is -0.227. The molecule has 1 aromatic carbocycles. The lowest BCUT2D eigenvalue weighted by molar-refractivity contribution is -0.118. The average molecular weight is 328 g/mol. The van der Waals surface area contributed by atoms with Crippen LogP contribution >= 0.6 is 11.8 Å². The Bertz CT molecular complexity index is 886. The molecule has 2 aromatic heterocycles. The Morgan fingerprint density at radius 1 is 1.26 bits per heavy atom. The van der Waals surface area contributed by atoms with Crippen LogP contribution in [0.5, 0.6) is 0 Å². The Balaban J connectivity index is 1.59. The highest BCUT2D eigenvalue weighted by Crippen LogP contribution is 2.15. The molecular formula is C16H16N4O2S. The number of amides is 1. The van der Waals surface area contributed by atoms with E-state index in [-0.39, 0.29) is 17.2 Å². The molecule has 23 heavy (non-hydrogen) atoms. The van der Waals surface area contributed by atoms with Crippen LogP contribution in [0.15, 0.2) is 46.3 Å². The van der Waals surface area contributed by atoms with Crippen LogP contribution in [0.2, 0.25) is 0 Å². The lowest BCUT2D eigenvalue weighted by atomic mass is 10.2. The van der Waals surface area contributed by atoms with Crippen molar-refractivity contribution in [2.24, 2.45) is 0 Å². The topological polar surface area (TPSA) is 90.6 Å². The monoisotopic (exact) mass is 328 g/mol. The third-order valence-corrected chi connectivity index (χ3v) is 4.15. The number of thioether (sulfide) groups is 1. The van der Waals surface area contributed by atoms with Gasteiger partial charge in [-0.1, -0.05) is 42.1 Å². The van der Waals surface area contributed by atoms with Gasteiger partial charge in [-0.05, 0) is 18.6 Å². The number of fused-ring (bicyclic) bond motifs is 1. The van der Waals surface area contributed by atoms with E-state index < -0.39 is 0 Å². The van der Waals surface area contributed by atoms with Crippen LogP contribution in [0.1, 0.15) is 11.3 Å². The van der Waals surface area contributed by atoms with Crippen LogP contribution in [0.3, 0.4) is 0 Å². The molecule has 0 unspecified atom stereocenters. The number of rotatable bonds is 5. The van der Waals surface area contributed by atoms with Crippen LogP contribution in [-0.4, -0.2) is 26.6 Å². The molecule has 0 atom stereocenters. The predicted octanol–water partition coefficient (Wildman–Crippen LogP) is 1.97. The van der Waals surface area contributed by atoms with Crippen molar-refractivity contribution in [2.45, 2.75) is 18.6 Å².